The lowest BCUT2D eigenvalue weighted by atomic mass is 10.1. The summed E-state index contributed by atoms with van der Waals surface area (Å²) >= 11 is 12.5. The lowest BCUT2D eigenvalue weighted by Crippen LogP contribution is -2.16. The van der Waals surface area contributed by atoms with Gasteiger partial charge >= 0.3 is 0 Å². The highest BCUT2D eigenvalue weighted by atomic mass is 35.5. The molecule has 0 fully saturated rings. The summed E-state index contributed by atoms with van der Waals surface area (Å²) in [5.74, 6) is 2.02. The Hall–Kier alpha value is -5.58. The van der Waals surface area contributed by atoms with Crippen LogP contribution < -0.4 is 20.1 Å². The summed E-state index contributed by atoms with van der Waals surface area (Å²) in [5, 5.41) is 28.5. The van der Waals surface area contributed by atoms with Crippen LogP contribution in [0.15, 0.2) is 97.1 Å². The topological polar surface area (TPSA) is 135 Å². The zero-order valence-electron chi connectivity index (χ0n) is 25.2. The molecule has 4 N–H and O–H groups in total. The number of rotatable bonds is 10. The number of phenolic OH excluding ortho intramolecular Hbond substituents is 2. The summed E-state index contributed by atoms with van der Waals surface area (Å²) in [6.07, 6.45) is 0. The Kier molecular flexibility index (Phi) is 9.23. The third-order valence-corrected chi connectivity index (χ3v) is 7.66. The van der Waals surface area contributed by atoms with Gasteiger partial charge in [-0.1, -0.05) is 23.2 Å². The molecule has 0 aliphatic rings. The van der Waals surface area contributed by atoms with E-state index in [9.17, 15) is 10.2 Å². The van der Waals surface area contributed by atoms with Crippen LogP contribution in [0.3, 0.4) is 0 Å². The zero-order valence-corrected chi connectivity index (χ0v) is 26.7. The van der Waals surface area contributed by atoms with Crippen molar-refractivity contribution >= 4 is 35.1 Å². The van der Waals surface area contributed by atoms with E-state index < -0.39 is 0 Å². The van der Waals surface area contributed by atoms with Gasteiger partial charge in [-0.05, 0) is 97.1 Å². The second kappa shape index (κ2) is 13.8. The maximum atomic E-state index is 10.6. The molecule has 0 amide bonds. The van der Waals surface area contributed by atoms with E-state index in [1.165, 1.54) is 12.1 Å². The van der Waals surface area contributed by atoms with Gasteiger partial charge in [-0.2, -0.15) is 0 Å². The minimum absolute atomic E-state index is 0.0263. The summed E-state index contributed by atoms with van der Waals surface area (Å²) in [4.78, 5) is 18.8. The average Bonchev–Trinajstić information content (AvgIpc) is 3.10. The Balaban J connectivity index is 1.33. The van der Waals surface area contributed by atoms with E-state index in [0.717, 1.165) is 11.1 Å². The lowest BCUT2D eigenvalue weighted by molar-refractivity contribution is 0.415. The van der Waals surface area contributed by atoms with E-state index in [2.05, 4.69) is 20.6 Å². The number of methoxy groups -OCH3 is 2. The number of nitrogens with zero attached hydrogens (tertiary/aromatic N) is 4. The van der Waals surface area contributed by atoms with Crippen LogP contribution in [0.2, 0.25) is 10.0 Å². The number of ether oxygens (including phenoxy) is 2. The zero-order chi connectivity index (χ0) is 32.9. The van der Waals surface area contributed by atoms with Crippen molar-refractivity contribution in [3.05, 3.63) is 107 Å². The van der Waals surface area contributed by atoms with Gasteiger partial charge in [-0.25, -0.2) is 19.9 Å². The van der Waals surface area contributed by atoms with Gasteiger partial charge in [0.15, 0.2) is 0 Å². The second-order valence-corrected chi connectivity index (χ2v) is 11.1. The molecular weight excluding hydrogens is 639 g/mol. The molecule has 10 nitrogen and oxygen atoms in total. The first-order chi connectivity index (χ1) is 22.8. The fourth-order valence-electron chi connectivity index (χ4n) is 4.78. The molecular formula is C35H28Cl2N6O4. The lowest BCUT2D eigenvalue weighted by Gasteiger charge is -2.14. The van der Waals surface area contributed by atoms with Crippen molar-refractivity contribution in [2.75, 3.05) is 31.5 Å². The smallest absolute Gasteiger partial charge is 0.225 e. The van der Waals surface area contributed by atoms with Gasteiger partial charge < -0.3 is 30.3 Å². The van der Waals surface area contributed by atoms with Gasteiger partial charge in [0, 0.05) is 32.3 Å². The first kappa shape index (κ1) is 31.4. The van der Waals surface area contributed by atoms with Crippen LogP contribution in [-0.4, -0.2) is 51.0 Å². The molecule has 0 aliphatic carbocycles. The number of aromatic hydroxyl groups is 2. The fourth-order valence-corrected chi connectivity index (χ4v) is 5.12. The summed E-state index contributed by atoms with van der Waals surface area (Å²) in [5.41, 5.74) is 4.67. The highest BCUT2D eigenvalue weighted by Gasteiger charge is 2.15. The highest BCUT2D eigenvalue weighted by Crippen LogP contribution is 2.35. The monoisotopic (exact) mass is 666 g/mol. The summed E-state index contributed by atoms with van der Waals surface area (Å²) in [7, 11) is 3.21. The van der Waals surface area contributed by atoms with Crippen LogP contribution in [0.25, 0.3) is 45.0 Å². The van der Waals surface area contributed by atoms with E-state index in [1.54, 1.807) is 50.6 Å². The van der Waals surface area contributed by atoms with Crippen molar-refractivity contribution in [1.82, 2.24) is 19.9 Å². The molecule has 0 radical (unpaired) electrons. The molecule has 0 atom stereocenters. The predicted octanol–water partition coefficient (Wildman–Crippen LogP) is 8.15. The van der Waals surface area contributed by atoms with Gasteiger partial charge in [0.2, 0.25) is 11.9 Å². The van der Waals surface area contributed by atoms with E-state index in [1.807, 2.05) is 48.5 Å². The molecule has 6 rings (SSSR count). The van der Waals surface area contributed by atoms with Gasteiger partial charge in [-0.3, -0.25) is 0 Å². The number of benzene rings is 4. The molecule has 2 aromatic heterocycles. The van der Waals surface area contributed by atoms with Crippen molar-refractivity contribution in [1.29, 1.82) is 0 Å². The molecule has 4 aromatic carbocycles. The van der Waals surface area contributed by atoms with Gasteiger partial charge in [0.1, 0.15) is 23.0 Å². The van der Waals surface area contributed by atoms with Crippen molar-refractivity contribution in [3.63, 3.8) is 0 Å². The van der Waals surface area contributed by atoms with Crippen LogP contribution >= 0.6 is 23.2 Å². The molecule has 12 heteroatoms. The van der Waals surface area contributed by atoms with E-state index in [0.29, 0.717) is 55.4 Å². The number of phenols is 2. The van der Waals surface area contributed by atoms with Crippen molar-refractivity contribution in [2.45, 2.75) is 0 Å². The van der Waals surface area contributed by atoms with Crippen LogP contribution in [-0.2, 0) is 0 Å². The molecule has 0 unspecified atom stereocenters. The summed E-state index contributed by atoms with van der Waals surface area (Å²) in [6.45, 7) is 0.125. The molecule has 0 bridgehead atoms. The van der Waals surface area contributed by atoms with Gasteiger partial charge in [-0.15, -0.1) is 0 Å². The minimum Gasteiger partial charge on any atom is -0.507 e. The highest BCUT2D eigenvalue weighted by molar-refractivity contribution is 6.31. The van der Waals surface area contributed by atoms with E-state index in [4.69, 9.17) is 42.6 Å². The fraction of sp³-hybridized carbons (Fsp3) is 0.0857. The summed E-state index contributed by atoms with van der Waals surface area (Å²) in [6, 6.07) is 28.0. The molecule has 47 heavy (non-hydrogen) atoms. The van der Waals surface area contributed by atoms with E-state index >= 15 is 0 Å². The Bertz CT molecular complexity index is 1900. The molecule has 0 saturated carbocycles. The molecule has 0 spiro atoms. The number of halogens is 2. The number of aromatic nitrogens is 4. The maximum Gasteiger partial charge on any atom is 0.225 e. The van der Waals surface area contributed by atoms with Gasteiger partial charge in [0.25, 0.3) is 0 Å². The molecule has 236 valence electrons. The third-order valence-electron chi connectivity index (χ3n) is 7.19. The number of nitrogens with one attached hydrogen (secondary N) is 2. The molecule has 0 saturated heterocycles. The molecule has 6 aromatic rings. The van der Waals surface area contributed by atoms with Crippen LogP contribution in [0, 0.1) is 0 Å². The number of anilines is 2. The quantitative estimate of drug-likeness (QED) is 0.106. The Labute approximate surface area is 280 Å². The maximum absolute atomic E-state index is 10.6. The third kappa shape index (κ3) is 7.30. The Morgan fingerprint density at radius 2 is 0.915 bits per heavy atom. The Morgan fingerprint density at radius 3 is 1.30 bits per heavy atom. The number of hydrogen-bond donors (Lipinski definition) is 4. The Morgan fingerprint density at radius 1 is 0.532 bits per heavy atom. The molecule has 2 heterocycles. The summed E-state index contributed by atoms with van der Waals surface area (Å²) < 4.78 is 10.6. The second-order valence-electron chi connectivity index (χ2n) is 10.2. The number of hydrogen-bond acceptors (Lipinski definition) is 10. The van der Waals surface area contributed by atoms with Crippen LogP contribution in [0.4, 0.5) is 11.9 Å². The van der Waals surface area contributed by atoms with Crippen LogP contribution in [0.1, 0.15) is 0 Å². The van der Waals surface area contributed by atoms with Crippen molar-refractivity contribution in [2.24, 2.45) is 0 Å². The van der Waals surface area contributed by atoms with E-state index in [-0.39, 0.29) is 30.1 Å². The van der Waals surface area contributed by atoms with Crippen molar-refractivity contribution in [3.8, 4) is 68.0 Å². The van der Waals surface area contributed by atoms with Crippen LogP contribution in [0.5, 0.6) is 23.0 Å². The van der Waals surface area contributed by atoms with Gasteiger partial charge in [0.05, 0.1) is 43.7 Å². The molecule has 0 aliphatic heterocycles. The first-order valence-electron chi connectivity index (χ1n) is 14.3. The predicted molar refractivity (Wildman–Crippen MR) is 184 cm³/mol. The minimum atomic E-state index is 0.0263. The normalized spacial score (nSPS) is 10.8. The average molecular weight is 668 g/mol. The first-order valence-corrected chi connectivity index (χ1v) is 15.1. The standard InChI is InChI=1S/C35H28Cl2N6O4/c1-46-24-9-3-20(4-10-24)28-17-30(26-15-22(36)7-13-32(26)44)42-34(40-28)38-19-39-35-41-29(21-5-11-25(47-2)12-6-21)18-31(43-35)27-16-23(37)8-14-33(27)45/h3-18,44-45H,19H2,1-2H3,(H,38,40,42)(H,39,41,43). The SMILES string of the molecule is COc1ccc(-c2cc(-c3cc(Cl)ccc3O)nc(NCNc3nc(-c4ccc(OC)cc4)cc(-c4cc(Cl)ccc4O)n3)n2)cc1. The largest absolute Gasteiger partial charge is 0.507 e. The van der Waals surface area contributed by atoms with Crippen molar-refractivity contribution < 1.29 is 19.7 Å².